The molecule has 0 radical (unpaired) electrons. The Morgan fingerprint density at radius 2 is 1.74 bits per heavy atom. The van der Waals surface area contributed by atoms with Gasteiger partial charge in [0.15, 0.2) is 0 Å². The lowest BCUT2D eigenvalue weighted by Gasteiger charge is -2.28. The van der Waals surface area contributed by atoms with E-state index in [0.29, 0.717) is 5.92 Å². The minimum atomic E-state index is -2.36. The van der Waals surface area contributed by atoms with E-state index in [1.807, 2.05) is 0 Å². The number of hydrogen-bond acceptors (Lipinski definition) is 1. The van der Waals surface area contributed by atoms with E-state index in [-0.39, 0.29) is 12.8 Å². The Hall–Kier alpha value is -0.180. The number of likely N-dealkylation sites (tertiary alicyclic amines) is 1. The van der Waals surface area contributed by atoms with Crippen LogP contribution in [-0.2, 0) is 0 Å². The van der Waals surface area contributed by atoms with E-state index in [1.54, 1.807) is 0 Å². The predicted octanol–water partition coefficient (Wildman–Crippen LogP) is 4.18. The van der Waals surface area contributed by atoms with Crippen LogP contribution in [0.3, 0.4) is 0 Å². The molecule has 1 heterocycles. The summed E-state index contributed by atoms with van der Waals surface area (Å²) in [7, 11) is 0. The van der Waals surface area contributed by atoms with Crippen LogP contribution in [0.4, 0.5) is 8.78 Å². The van der Waals surface area contributed by atoms with E-state index in [4.69, 9.17) is 0 Å². The third kappa shape index (κ3) is 3.12. The van der Waals surface area contributed by atoms with Crippen molar-refractivity contribution in [2.75, 3.05) is 19.6 Å². The minimum Gasteiger partial charge on any atom is -0.303 e. The second-order valence-electron chi connectivity index (χ2n) is 7.10. The fourth-order valence-electron chi connectivity index (χ4n) is 4.52. The van der Waals surface area contributed by atoms with Crippen LogP contribution >= 0.6 is 0 Å². The predicted molar refractivity (Wildman–Crippen MR) is 73.3 cm³/mol. The average molecular weight is 271 g/mol. The lowest BCUT2D eigenvalue weighted by molar-refractivity contribution is -0.0468. The van der Waals surface area contributed by atoms with Crippen molar-refractivity contribution in [2.45, 2.75) is 57.8 Å². The van der Waals surface area contributed by atoms with Crippen molar-refractivity contribution >= 4 is 0 Å². The molecule has 1 nitrogen and oxygen atoms in total. The first-order valence-electron chi connectivity index (χ1n) is 8.19. The highest BCUT2D eigenvalue weighted by Gasteiger charge is 2.53. The zero-order valence-corrected chi connectivity index (χ0v) is 12.1. The Morgan fingerprint density at radius 3 is 2.32 bits per heavy atom. The van der Waals surface area contributed by atoms with Crippen LogP contribution < -0.4 is 0 Å². The Bertz CT molecular complexity index is 296. The quantitative estimate of drug-likeness (QED) is 0.725. The van der Waals surface area contributed by atoms with Crippen LogP contribution in [0.2, 0.25) is 0 Å². The molecule has 1 aliphatic heterocycles. The molecule has 0 aromatic rings. The molecular weight excluding hydrogens is 244 g/mol. The van der Waals surface area contributed by atoms with Crippen molar-refractivity contribution in [3.8, 4) is 0 Å². The Kier molecular flexibility index (Phi) is 3.85. The van der Waals surface area contributed by atoms with Crippen LogP contribution in [0, 0.1) is 23.7 Å². The van der Waals surface area contributed by atoms with Gasteiger partial charge in [-0.05, 0) is 55.9 Å². The van der Waals surface area contributed by atoms with Crippen LogP contribution in [-0.4, -0.2) is 30.5 Å². The fourth-order valence-corrected chi connectivity index (χ4v) is 4.52. The van der Waals surface area contributed by atoms with E-state index < -0.39 is 5.92 Å². The number of rotatable bonds is 5. The Morgan fingerprint density at radius 1 is 1.11 bits per heavy atom. The Labute approximate surface area is 115 Å². The maximum absolute atomic E-state index is 13.1. The minimum absolute atomic E-state index is 0.129. The maximum Gasteiger partial charge on any atom is 0.248 e. The van der Waals surface area contributed by atoms with Crippen molar-refractivity contribution in [1.82, 2.24) is 4.90 Å². The summed E-state index contributed by atoms with van der Waals surface area (Å²) in [5.41, 5.74) is 0. The van der Waals surface area contributed by atoms with Gasteiger partial charge in [-0.2, -0.15) is 0 Å². The molecule has 2 atom stereocenters. The van der Waals surface area contributed by atoms with Crippen LogP contribution in [0.5, 0.6) is 0 Å². The highest BCUT2D eigenvalue weighted by atomic mass is 19.3. The molecule has 0 N–H and O–H groups in total. The first-order valence-corrected chi connectivity index (χ1v) is 8.19. The van der Waals surface area contributed by atoms with Gasteiger partial charge in [0.05, 0.1) is 0 Å². The summed E-state index contributed by atoms with van der Waals surface area (Å²) in [5.74, 6) is 1.23. The summed E-state index contributed by atoms with van der Waals surface area (Å²) in [5, 5.41) is 0. The molecule has 0 bridgehead atoms. The number of alkyl halides is 2. The van der Waals surface area contributed by atoms with Crippen LogP contribution in [0.15, 0.2) is 0 Å². The van der Waals surface area contributed by atoms with Gasteiger partial charge in [0.25, 0.3) is 0 Å². The van der Waals surface area contributed by atoms with E-state index in [1.165, 1.54) is 38.9 Å². The van der Waals surface area contributed by atoms with Gasteiger partial charge in [0.1, 0.15) is 0 Å². The topological polar surface area (TPSA) is 3.24 Å². The van der Waals surface area contributed by atoms with Crippen LogP contribution in [0.1, 0.15) is 51.9 Å². The average Bonchev–Trinajstić information content (AvgIpc) is 2.85. The lowest BCUT2D eigenvalue weighted by atomic mass is 9.84. The van der Waals surface area contributed by atoms with Crippen molar-refractivity contribution in [1.29, 1.82) is 0 Å². The molecule has 3 rings (SSSR count). The number of nitrogens with zero attached hydrogens (tertiary/aromatic N) is 1. The molecule has 3 fully saturated rings. The van der Waals surface area contributed by atoms with E-state index in [9.17, 15) is 8.78 Å². The molecule has 2 unspecified atom stereocenters. The zero-order valence-electron chi connectivity index (χ0n) is 12.1. The smallest absolute Gasteiger partial charge is 0.248 e. The first kappa shape index (κ1) is 13.8. The molecule has 1 saturated heterocycles. The van der Waals surface area contributed by atoms with Gasteiger partial charge in [0.2, 0.25) is 5.92 Å². The molecule has 0 amide bonds. The molecule has 0 aromatic carbocycles. The second-order valence-corrected chi connectivity index (χ2v) is 7.10. The summed E-state index contributed by atoms with van der Waals surface area (Å²) in [6, 6.07) is 0. The monoisotopic (exact) mass is 271 g/mol. The summed E-state index contributed by atoms with van der Waals surface area (Å²) in [6.45, 7) is 6.14. The largest absolute Gasteiger partial charge is 0.303 e. The summed E-state index contributed by atoms with van der Waals surface area (Å²) in [4.78, 5) is 2.61. The van der Waals surface area contributed by atoms with Gasteiger partial charge >= 0.3 is 0 Å². The van der Waals surface area contributed by atoms with Gasteiger partial charge in [0, 0.05) is 25.9 Å². The fraction of sp³-hybridized carbons (Fsp3) is 1.00. The molecule has 2 aliphatic carbocycles. The number of piperidine rings is 1. The van der Waals surface area contributed by atoms with Gasteiger partial charge < -0.3 is 4.90 Å². The highest BCUT2D eigenvalue weighted by Crippen LogP contribution is 2.53. The summed E-state index contributed by atoms with van der Waals surface area (Å²) >= 11 is 0. The first-order chi connectivity index (χ1) is 9.09. The molecule has 3 heteroatoms. The third-order valence-electron chi connectivity index (χ3n) is 5.84. The van der Waals surface area contributed by atoms with Gasteiger partial charge in [-0.25, -0.2) is 8.78 Å². The van der Waals surface area contributed by atoms with Crippen molar-refractivity contribution in [3.63, 3.8) is 0 Å². The van der Waals surface area contributed by atoms with Crippen LogP contribution in [0.25, 0.3) is 0 Å². The molecular formula is C16H27F2N. The molecule has 0 aromatic heterocycles. The maximum atomic E-state index is 13.1. The van der Waals surface area contributed by atoms with Crippen molar-refractivity contribution in [2.24, 2.45) is 23.7 Å². The Balaban J connectivity index is 1.28. The highest BCUT2D eigenvalue weighted by molar-refractivity contribution is 5.04. The number of halogens is 2. The standard InChI is InChI=1S/C16H27F2N/c1-2-13-14-10-19(11-15(13)14)9-3-4-12-5-7-16(17,18)8-6-12/h12-15H,2-11H2,1H3. The number of hydrogen-bond donors (Lipinski definition) is 0. The van der Waals surface area contributed by atoms with Gasteiger partial charge in [-0.3, -0.25) is 0 Å². The number of fused-ring (bicyclic) bond motifs is 1. The second kappa shape index (κ2) is 5.31. The molecule has 0 spiro atoms. The van der Waals surface area contributed by atoms with Gasteiger partial charge in [-0.1, -0.05) is 13.3 Å². The summed E-state index contributed by atoms with van der Waals surface area (Å²) in [6.07, 6.45) is 5.49. The normalized spacial score (nSPS) is 38.4. The third-order valence-corrected chi connectivity index (χ3v) is 5.84. The zero-order chi connectivity index (χ0) is 13.5. The van der Waals surface area contributed by atoms with Crippen molar-refractivity contribution < 1.29 is 8.78 Å². The van der Waals surface area contributed by atoms with E-state index in [2.05, 4.69) is 11.8 Å². The summed E-state index contributed by atoms with van der Waals surface area (Å²) < 4.78 is 26.1. The van der Waals surface area contributed by atoms with Gasteiger partial charge in [-0.15, -0.1) is 0 Å². The van der Waals surface area contributed by atoms with E-state index in [0.717, 1.165) is 30.6 Å². The van der Waals surface area contributed by atoms with Crippen molar-refractivity contribution in [3.05, 3.63) is 0 Å². The molecule has 19 heavy (non-hydrogen) atoms. The van der Waals surface area contributed by atoms with E-state index >= 15 is 0 Å². The lowest BCUT2D eigenvalue weighted by Crippen LogP contribution is -2.27. The molecule has 3 aliphatic rings. The SMILES string of the molecule is CCC1C2CN(CCCC3CCC(F)(F)CC3)CC12. The molecule has 2 saturated carbocycles. The molecule has 110 valence electrons.